The summed E-state index contributed by atoms with van der Waals surface area (Å²) in [7, 11) is 0. The molecule has 114 valence electrons. The van der Waals surface area contributed by atoms with Crippen LogP contribution >= 0.6 is 0 Å². The minimum absolute atomic E-state index is 0.0506. The van der Waals surface area contributed by atoms with E-state index in [-0.39, 0.29) is 11.9 Å². The minimum Gasteiger partial charge on any atom is -0.370 e. The van der Waals surface area contributed by atoms with Crippen molar-refractivity contribution in [2.24, 2.45) is 0 Å². The summed E-state index contributed by atoms with van der Waals surface area (Å²) in [4.78, 5) is 12.6. The summed E-state index contributed by atoms with van der Waals surface area (Å²) in [5.74, 6) is 0.0506. The molecule has 1 atom stereocenters. The van der Waals surface area contributed by atoms with E-state index in [1.54, 1.807) is 0 Å². The zero-order valence-electron chi connectivity index (χ0n) is 13.1. The van der Waals surface area contributed by atoms with E-state index in [0.717, 1.165) is 24.1 Å². The van der Waals surface area contributed by atoms with Crippen LogP contribution in [0, 0.1) is 13.8 Å². The molecular formula is C19H22N2O. The zero-order valence-corrected chi connectivity index (χ0v) is 13.1. The third kappa shape index (κ3) is 3.30. The highest BCUT2D eigenvalue weighted by Gasteiger charge is 2.28. The SMILES string of the molecule is Cc1cccc(N[C@H](C(=O)NC2CC2)c2ccccc2)c1C. The molecule has 22 heavy (non-hydrogen) atoms. The number of carbonyl (C=O) groups excluding carboxylic acids is 1. The Bertz CT molecular complexity index is 662. The fraction of sp³-hybridized carbons (Fsp3) is 0.316. The van der Waals surface area contributed by atoms with Crippen LogP contribution in [0.4, 0.5) is 5.69 Å². The summed E-state index contributed by atoms with van der Waals surface area (Å²) in [6.07, 6.45) is 2.19. The van der Waals surface area contributed by atoms with Crippen LogP contribution in [0.5, 0.6) is 0 Å². The molecule has 1 aliphatic carbocycles. The van der Waals surface area contributed by atoms with Crippen LogP contribution in [0.3, 0.4) is 0 Å². The van der Waals surface area contributed by atoms with Gasteiger partial charge >= 0.3 is 0 Å². The second kappa shape index (κ2) is 6.22. The quantitative estimate of drug-likeness (QED) is 0.882. The number of amides is 1. The first-order chi connectivity index (χ1) is 10.6. The average molecular weight is 294 g/mol. The molecule has 3 nitrogen and oxygen atoms in total. The van der Waals surface area contributed by atoms with Gasteiger partial charge in [-0.25, -0.2) is 0 Å². The molecular weight excluding hydrogens is 272 g/mol. The van der Waals surface area contributed by atoms with Gasteiger partial charge in [-0.3, -0.25) is 4.79 Å². The van der Waals surface area contributed by atoms with E-state index in [9.17, 15) is 4.79 Å². The van der Waals surface area contributed by atoms with Crippen molar-refractivity contribution < 1.29 is 4.79 Å². The van der Waals surface area contributed by atoms with Gasteiger partial charge in [-0.1, -0.05) is 42.5 Å². The van der Waals surface area contributed by atoms with E-state index >= 15 is 0 Å². The molecule has 2 aromatic rings. The predicted octanol–water partition coefficient (Wildman–Crippen LogP) is 3.74. The van der Waals surface area contributed by atoms with Crippen molar-refractivity contribution in [3.05, 3.63) is 65.2 Å². The molecule has 1 saturated carbocycles. The average Bonchev–Trinajstić information content (AvgIpc) is 3.33. The van der Waals surface area contributed by atoms with Gasteiger partial charge in [-0.2, -0.15) is 0 Å². The molecule has 1 amide bonds. The number of benzene rings is 2. The number of rotatable bonds is 5. The lowest BCUT2D eigenvalue weighted by molar-refractivity contribution is -0.122. The van der Waals surface area contributed by atoms with Crippen molar-refractivity contribution in [1.29, 1.82) is 0 Å². The summed E-state index contributed by atoms with van der Waals surface area (Å²) in [6.45, 7) is 4.17. The Hall–Kier alpha value is -2.29. The van der Waals surface area contributed by atoms with Gasteiger partial charge < -0.3 is 10.6 Å². The standard InChI is InChI=1S/C19H22N2O/c1-13-7-6-10-17(14(13)2)21-18(15-8-4-3-5-9-15)19(22)20-16-11-12-16/h3-10,16,18,21H,11-12H2,1-2H3,(H,20,22)/t18-/m0/s1. The number of hydrogen-bond donors (Lipinski definition) is 2. The number of anilines is 1. The number of hydrogen-bond acceptors (Lipinski definition) is 2. The second-order valence-corrected chi connectivity index (χ2v) is 6.02. The monoisotopic (exact) mass is 294 g/mol. The van der Waals surface area contributed by atoms with Crippen LogP contribution in [-0.2, 0) is 4.79 Å². The van der Waals surface area contributed by atoms with Crippen LogP contribution in [0.15, 0.2) is 48.5 Å². The van der Waals surface area contributed by atoms with Gasteiger partial charge in [-0.05, 0) is 49.4 Å². The molecule has 0 bridgehead atoms. The molecule has 2 N–H and O–H groups in total. The lowest BCUT2D eigenvalue weighted by Crippen LogP contribution is -2.35. The maximum Gasteiger partial charge on any atom is 0.247 e. The largest absolute Gasteiger partial charge is 0.370 e. The van der Waals surface area contributed by atoms with E-state index in [2.05, 4.69) is 30.5 Å². The van der Waals surface area contributed by atoms with Gasteiger partial charge in [0.25, 0.3) is 0 Å². The molecule has 0 aromatic heterocycles. The van der Waals surface area contributed by atoms with Gasteiger partial charge in [-0.15, -0.1) is 0 Å². The Balaban J connectivity index is 1.87. The normalized spacial score (nSPS) is 15.2. The van der Waals surface area contributed by atoms with Crippen LogP contribution in [0.2, 0.25) is 0 Å². The number of aryl methyl sites for hydroxylation is 1. The van der Waals surface area contributed by atoms with Crippen LogP contribution in [0.25, 0.3) is 0 Å². The molecule has 0 heterocycles. The Kier molecular flexibility index (Phi) is 4.14. The van der Waals surface area contributed by atoms with Gasteiger partial charge in [0, 0.05) is 11.7 Å². The summed E-state index contributed by atoms with van der Waals surface area (Å²) < 4.78 is 0. The van der Waals surface area contributed by atoms with Crippen LogP contribution in [-0.4, -0.2) is 11.9 Å². The highest BCUT2D eigenvalue weighted by molar-refractivity contribution is 5.86. The third-order valence-electron chi connectivity index (χ3n) is 4.22. The third-order valence-corrected chi connectivity index (χ3v) is 4.22. The van der Waals surface area contributed by atoms with Crippen LogP contribution in [0.1, 0.15) is 35.6 Å². The van der Waals surface area contributed by atoms with Crippen molar-refractivity contribution in [3.63, 3.8) is 0 Å². The van der Waals surface area contributed by atoms with Crippen molar-refractivity contribution in [2.45, 2.75) is 38.8 Å². The number of nitrogens with one attached hydrogen (secondary N) is 2. The minimum atomic E-state index is -0.359. The van der Waals surface area contributed by atoms with E-state index in [1.807, 2.05) is 42.5 Å². The van der Waals surface area contributed by atoms with E-state index in [1.165, 1.54) is 11.1 Å². The molecule has 1 aliphatic rings. The zero-order chi connectivity index (χ0) is 15.5. The fourth-order valence-corrected chi connectivity index (χ4v) is 2.52. The van der Waals surface area contributed by atoms with Crippen LogP contribution < -0.4 is 10.6 Å². The van der Waals surface area contributed by atoms with Crippen molar-refractivity contribution >= 4 is 11.6 Å². The smallest absolute Gasteiger partial charge is 0.247 e. The lowest BCUT2D eigenvalue weighted by Gasteiger charge is -2.21. The van der Waals surface area contributed by atoms with E-state index < -0.39 is 0 Å². The summed E-state index contributed by atoms with van der Waals surface area (Å²) in [6, 6.07) is 16.0. The molecule has 0 radical (unpaired) electrons. The molecule has 0 spiro atoms. The Morgan fingerprint density at radius 1 is 1.05 bits per heavy atom. The Morgan fingerprint density at radius 2 is 1.77 bits per heavy atom. The van der Waals surface area contributed by atoms with E-state index in [4.69, 9.17) is 0 Å². The molecule has 2 aromatic carbocycles. The maximum absolute atomic E-state index is 12.6. The first-order valence-corrected chi connectivity index (χ1v) is 7.83. The van der Waals surface area contributed by atoms with Crippen molar-refractivity contribution in [2.75, 3.05) is 5.32 Å². The summed E-state index contributed by atoms with van der Waals surface area (Å²) >= 11 is 0. The second-order valence-electron chi connectivity index (χ2n) is 6.02. The van der Waals surface area contributed by atoms with E-state index in [0.29, 0.717) is 6.04 Å². The van der Waals surface area contributed by atoms with Gasteiger partial charge in [0.05, 0.1) is 0 Å². The Morgan fingerprint density at radius 3 is 2.45 bits per heavy atom. The molecule has 3 heteroatoms. The first kappa shape index (κ1) is 14.6. The predicted molar refractivity (Wildman–Crippen MR) is 89.9 cm³/mol. The van der Waals surface area contributed by atoms with Gasteiger partial charge in [0.2, 0.25) is 5.91 Å². The highest BCUT2D eigenvalue weighted by atomic mass is 16.2. The summed E-state index contributed by atoms with van der Waals surface area (Å²) in [5.41, 5.74) is 4.41. The highest BCUT2D eigenvalue weighted by Crippen LogP contribution is 2.26. The topological polar surface area (TPSA) is 41.1 Å². The molecule has 0 unspecified atom stereocenters. The van der Waals surface area contributed by atoms with Crippen molar-refractivity contribution in [3.8, 4) is 0 Å². The summed E-state index contributed by atoms with van der Waals surface area (Å²) in [5, 5.41) is 6.53. The first-order valence-electron chi connectivity index (χ1n) is 7.83. The molecule has 0 aliphatic heterocycles. The molecule has 0 saturated heterocycles. The van der Waals surface area contributed by atoms with Gasteiger partial charge in [0.15, 0.2) is 0 Å². The lowest BCUT2D eigenvalue weighted by atomic mass is 10.0. The van der Waals surface area contributed by atoms with Crippen molar-refractivity contribution in [1.82, 2.24) is 5.32 Å². The number of carbonyl (C=O) groups is 1. The Labute approximate surface area is 131 Å². The molecule has 3 rings (SSSR count). The van der Waals surface area contributed by atoms with Gasteiger partial charge in [0.1, 0.15) is 6.04 Å². The maximum atomic E-state index is 12.6. The fourth-order valence-electron chi connectivity index (χ4n) is 2.52. The molecule has 1 fully saturated rings.